The van der Waals surface area contributed by atoms with Gasteiger partial charge in [0.15, 0.2) is 11.4 Å². The molecule has 2 aromatic rings. The molecular weight excluding hydrogens is 1020 g/mol. The Morgan fingerprint density at radius 1 is 0.893 bits per heavy atom. The molecule has 0 spiro atoms. The number of carbonyl (C=O) groups excluding carboxylic acids is 5. The van der Waals surface area contributed by atoms with Crippen molar-refractivity contribution in [3.63, 3.8) is 0 Å². The minimum absolute atomic E-state index is 0.00670. The number of fused-ring (bicyclic) bond motifs is 5. The van der Waals surface area contributed by atoms with Crippen molar-refractivity contribution < 1.29 is 66.7 Å². The zero-order chi connectivity index (χ0) is 54.0. The van der Waals surface area contributed by atoms with Crippen LogP contribution in [0, 0.1) is 40.4 Å². The van der Waals surface area contributed by atoms with Crippen LogP contribution in [0.5, 0.6) is 5.75 Å². The first-order valence-corrected chi connectivity index (χ1v) is 30.1. The maximum atomic E-state index is 16.3. The number of ether oxygens (including phenoxy) is 5. The van der Waals surface area contributed by atoms with Gasteiger partial charge in [-0.1, -0.05) is 98.2 Å². The molecule has 2 aromatic carbocycles. The number of aliphatic hydroxyl groups is 2. The molecule has 414 valence electrons. The summed E-state index contributed by atoms with van der Waals surface area (Å²) in [6.07, 6.45) is 9.55. The summed E-state index contributed by atoms with van der Waals surface area (Å²) < 4.78 is 58.4. The van der Waals surface area contributed by atoms with Crippen molar-refractivity contribution in [2.75, 3.05) is 57.0 Å². The quantitative estimate of drug-likeness (QED) is 0.0220. The summed E-state index contributed by atoms with van der Waals surface area (Å²) in [4.78, 5) is 65.9. The molecule has 9 atom stereocenters. The number of aryl methyl sites for hydroxylation is 1. The molecule has 0 aliphatic heterocycles. The molecule has 4 aliphatic carbocycles. The molecule has 3 N–H and O–H groups in total. The van der Waals surface area contributed by atoms with Gasteiger partial charge in [-0.3, -0.25) is 19.2 Å². The van der Waals surface area contributed by atoms with E-state index in [0.29, 0.717) is 52.9 Å². The minimum Gasteiger partial charge on any atom is -0.465 e. The van der Waals surface area contributed by atoms with Crippen LogP contribution >= 0.6 is 33.3 Å². The van der Waals surface area contributed by atoms with Crippen LogP contribution in [0.15, 0.2) is 72.1 Å². The summed E-state index contributed by atoms with van der Waals surface area (Å²) in [5.74, 6) is -2.95. The normalized spacial score (nSPS) is 26.2. The Balaban J connectivity index is 0.892. The fraction of sp³-hybridized carbons (Fsp3) is 0.632. The lowest BCUT2D eigenvalue weighted by Crippen LogP contribution is -2.61. The number of allylic oxidation sites excluding steroid dienone is 4. The molecule has 0 amide bonds. The highest BCUT2D eigenvalue weighted by atomic mass is 33.1. The Kier molecular flexibility index (Phi) is 23.6. The van der Waals surface area contributed by atoms with Crippen LogP contribution in [0.25, 0.3) is 0 Å². The molecule has 0 bridgehead atoms. The topological polar surface area (TPSA) is 184 Å². The highest BCUT2D eigenvalue weighted by molar-refractivity contribution is 8.76. The van der Waals surface area contributed by atoms with Crippen LogP contribution < -0.4 is 10.1 Å². The molecule has 18 heteroatoms. The summed E-state index contributed by atoms with van der Waals surface area (Å²) in [7, 11) is 2.82. The van der Waals surface area contributed by atoms with E-state index in [1.54, 1.807) is 25.1 Å². The second-order valence-electron chi connectivity index (χ2n) is 20.6. The third-order valence-corrected chi connectivity index (χ3v) is 19.3. The van der Waals surface area contributed by atoms with E-state index in [1.807, 2.05) is 26.8 Å². The first-order chi connectivity index (χ1) is 36.1. The predicted molar refractivity (Wildman–Crippen MR) is 289 cm³/mol. The molecule has 0 saturated heterocycles. The standard InChI is InChI=1S/C57H77F2NO12S3/c1-5-51(64)72-57(53(66)73-37-58)38(2)29-44-45-34-48(59)47-33-43(62)20-21-55(47,3)56(45,4)42(31-46(44)57)32-52(65)69-25-27-74-75-28-26-70-54(67)71-50-19-18-40(30-41(50)36-61)49(63)35-60-22-12-8-14-24-68-23-13-7-11-17-39-15-9-6-10-16-39/h6,9-10,15-16,18-21,30,38,42,44-46,49,60-61,63H,5,7-8,11-14,17,22-29,31-37H2,1-4H3/t38-,42-,44+,45+,46?,49?,55+,56+,57-/m1/s1. The Morgan fingerprint density at radius 2 is 1.61 bits per heavy atom. The number of benzene rings is 2. The number of nitrogens with one attached hydrogen (secondary N) is 1. The summed E-state index contributed by atoms with van der Waals surface area (Å²) in [6.45, 7) is 9.70. The number of carbonyl (C=O) groups is 5. The van der Waals surface area contributed by atoms with Gasteiger partial charge in [-0.15, -0.1) is 0 Å². The number of rotatable bonds is 30. The van der Waals surface area contributed by atoms with Gasteiger partial charge in [0.05, 0.1) is 12.7 Å². The Hall–Kier alpha value is -3.78. The molecule has 2 saturated carbocycles. The number of ketones is 1. The van der Waals surface area contributed by atoms with Gasteiger partial charge in [0.2, 0.25) is 5.12 Å². The predicted octanol–water partition coefficient (Wildman–Crippen LogP) is 11.2. The average Bonchev–Trinajstić information content (AvgIpc) is 3.78. The van der Waals surface area contributed by atoms with Gasteiger partial charge in [0.1, 0.15) is 30.8 Å². The first kappa shape index (κ1) is 60.4. The fourth-order valence-corrected chi connectivity index (χ4v) is 14.7. The fourth-order valence-electron chi connectivity index (χ4n) is 12.3. The summed E-state index contributed by atoms with van der Waals surface area (Å²) in [5.41, 5.74) is -0.648. The number of halogens is 2. The molecular formula is C57H77F2NO12S3. The maximum Gasteiger partial charge on any atom is 0.513 e. The zero-order valence-electron chi connectivity index (χ0n) is 44.0. The molecule has 2 unspecified atom stereocenters. The number of aliphatic hydroxyl groups excluding tert-OH is 2. The molecule has 0 aromatic heterocycles. The van der Waals surface area contributed by atoms with E-state index in [2.05, 4.69) is 29.6 Å². The Bertz CT molecular complexity index is 2310. The van der Waals surface area contributed by atoms with Crippen molar-refractivity contribution in [2.24, 2.45) is 40.4 Å². The van der Waals surface area contributed by atoms with E-state index in [1.165, 1.54) is 45.7 Å². The highest BCUT2D eigenvalue weighted by Crippen LogP contribution is 2.72. The maximum absolute atomic E-state index is 16.3. The Morgan fingerprint density at radius 3 is 2.32 bits per heavy atom. The van der Waals surface area contributed by atoms with Gasteiger partial charge in [0, 0.05) is 79.8 Å². The molecule has 75 heavy (non-hydrogen) atoms. The van der Waals surface area contributed by atoms with E-state index in [0.717, 1.165) is 58.3 Å². The van der Waals surface area contributed by atoms with Gasteiger partial charge in [-0.05, 0) is 128 Å². The Labute approximate surface area is 453 Å². The molecule has 6 rings (SSSR count). The van der Waals surface area contributed by atoms with E-state index in [-0.39, 0.29) is 68.6 Å². The van der Waals surface area contributed by atoms with Crippen molar-refractivity contribution in [1.82, 2.24) is 5.32 Å². The number of unbranched alkanes of at least 4 members (excludes halogenated alkanes) is 4. The highest BCUT2D eigenvalue weighted by Gasteiger charge is 2.71. The molecule has 0 heterocycles. The first-order valence-electron chi connectivity index (χ1n) is 26.7. The van der Waals surface area contributed by atoms with E-state index < -0.39 is 82.0 Å². The number of alkyl halides is 1. The number of hydrogen-bond acceptors (Lipinski definition) is 16. The van der Waals surface area contributed by atoms with Crippen molar-refractivity contribution in [3.05, 3.63) is 88.8 Å². The van der Waals surface area contributed by atoms with Gasteiger partial charge in [0.25, 0.3) is 0 Å². The smallest absolute Gasteiger partial charge is 0.465 e. The largest absolute Gasteiger partial charge is 0.513 e. The average molecular weight is 1100 g/mol. The van der Waals surface area contributed by atoms with Crippen molar-refractivity contribution >= 4 is 62.3 Å². The monoisotopic (exact) mass is 1100 g/mol. The third-order valence-electron chi connectivity index (χ3n) is 16.3. The van der Waals surface area contributed by atoms with Crippen LogP contribution in [0.3, 0.4) is 0 Å². The van der Waals surface area contributed by atoms with Crippen molar-refractivity contribution in [2.45, 2.75) is 129 Å². The number of thioether (sulfide) groups is 1. The van der Waals surface area contributed by atoms with Gasteiger partial charge < -0.3 is 39.2 Å². The zero-order valence-corrected chi connectivity index (χ0v) is 46.4. The molecule has 0 radical (unpaired) electrons. The van der Waals surface area contributed by atoms with Gasteiger partial charge in [-0.2, -0.15) is 0 Å². The third kappa shape index (κ3) is 15.1. The van der Waals surface area contributed by atoms with Crippen molar-refractivity contribution in [1.29, 1.82) is 0 Å². The number of esters is 2. The van der Waals surface area contributed by atoms with Crippen LogP contribution in [-0.2, 0) is 51.2 Å². The van der Waals surface area contributed by atoms with Crippen LogP contribution in [0.1, 0.15) is 128 Å². The lowest BCUT2D eigenvalue weighted by molar-refractivity contribution is -0.184. The van der Waals surface area contributed by atoms with E-state index >= 15 is 4.39 Å². The summed E-state index contributed by atoms with van der Waals surface area (Å²) >= 11 is 0.470. The van der Waals surface area contributed by atoms with E-state index in [9.17, 15) is 38.6 Å². The molecule has 13 nitrogen and oxygen atoms in total. The number of hydrogen-bond donors (Lipinski definition) is 3. The van der Waals surface area contributed by atoms with Crippen LogP contribution in [-0.4, -0.2) is 102 Å². The van der Waals surface area contributed by atoms with Crippen LogP contribution in [0.2, 0.25) is 0 Å². The minimum atomic E-state index is -1.65. The van der Waals surface area contributed by atoms with Crippen molar-refractivity contribution in [3.8, 4) is 5.75 Å². The van der Waals surface area contributed by atoms with Gasteiger partial charge in [-0.25, -0.2) is 13.6 Å². The lowest BCUT2D eigenvalue weighted by Gasteiger charge is -2.64. The summed E-state index contributed by atoms with van der Waals surface area (Å²) in [6, 6.07) is 14.3. The second kappa shape index (κ2) is 29.3. The molecule has 4 aliphatic rings. The summed E-state index contributed by atoms with van der Waals surface area (Å²) in [5, 5.41) is 23.5. The lowest BCUT2D eigenvalue weighted by atomic mass is 9.40. The SMILES string of the molecule is CCC(=O)O[C@@]1(C(=O)SCF)C2C[C@H](CC(=O)OCCSSCCOC(=O)Oc3ccc(C(O)CNCCCCCOCCCCCc4ccccc4)cc3CO)[C@@]3(C)[C@@H](CC(F)=C4CC(=O)C=C[C@@]43C)[C@@H]2C[C@H]1C. The second-order valence-corrected chi connectivity index (χ2v) is 24.2. The van der Waals surface area contributed by atoms with Crippen LogP contribution in [0.4, 0.5) is 13.6 Å². The molecule has 2 fully saturated rings. The van der Waals surface area contributed by atoms with E-state index in [4.69, 9.17) is 23.7 Å². The van der Waals surface area contributed by atoms with Gasteiger partial charge >= 0.3 is 18.1 Å².